The van der Waals surface area contributed by atoms with Gasteiger partial charge in [0, 0.05) is 23.9 Å². The summed E-state index contributed by atoms with van der Waals surface area (Å²) >= 11 is 1.86. The molecule has 0 fully saturated rings. The number of thiophene rings is 1. The fourth-order valence-electron chi connectivity index (χ4n) is 5.46. The third-order valence-electron chi connectivity index (χ3n) is 7.31. The molecule has 0 bridgehead atoms. The molecule has 2 aromatic rings. The molecule has 1 aromatic heterocycles. The Hall–Kier alpha value is -1.65. The topological polar surface area (TPSA) is 29.5 Å². The van der Waals surface area contributed by atoms with Gasteiger partial charge in [0.25, 0.3) is 0 Å². The molecular formula is C30H45NO2S. The molecule has 1 aliphatic carbocycles. The number of fused-ring (bicyclic) bond motifs is 1. The van der Waals surface area contributed by atoms with Crippen LogP contribution in [0.1, 0.15) is 94.6 Å². The SMILES string of the molecule is CCCCC(CCC)CCC(=O)Oc1cccc2c1CCC(N(CCC)CCc1cccs1)C2. The van der Waals surface area contributed by atoms with E-state index in [1.54, 1.807) is 0 Å². The minimum atomic E-state index is -0.0586. The Morgan fingerprint density at radius 2 is 1.94 bits per heavy atom. The van der Waals surface area contributed by atoms with E-state index in [9.17, 15) is 4.79 Å². The van der Waals surface area contributed by atoms with Gasteiger partial charge in [-0.05, 0) is 79.6 Å². The van der Waals surface area contributed by atoms with Crippen molar-refractivity contribution in [3.05, 3.63) is 51.7 Å². The molecular weight excluding hydrogens is 438 g/mol. The van der Waals surface area contributed by atoms with Gasteiger partial charge in [-0.1, -0.05) is 71.1 Å². The van der Waals surface area contributed by atoms with E-state index < -0.39 is 0 Å². The standard InChI is InChI=1S/C30H45NO2S/c1-4-7-11-24(10-5-2)15-18-30(32)33-29-14-8-12-25-23-26(16-17-28(25)29)31(20-6-3)21-19-27-13-9-22-34-27/h8-9,12-14,22,24,26H,4-7,10-11,15-21,23H2,1-3H3. The van der Waals surface area contributed by atoms with Crippen LogP contribution < -0.4 is 4.74 Å². The quantitative estimate of drug-likeness (QED) is 0.191. The number of unbranched alkanes of at least 4 members (excludes halogenated alkanes) is 1. The van der Waals surface area contributed by atoms with E-state index >= 15 is 0 Å². The lowest BCUT2D eigenvalue weighted by Gasteiger charge is -2.35. The van der Waals surface area contributed by atoms with Crippen LogP contribution in [0.5, 0.6) is 5.75 Å². The molecule has 188 valence electrons. The van der Waals surface area contributed by atoms with Crippen LogP contribution in [0.25, 0.3) is 0 Å². The molecule has 4 heteroatoms. The predicted molar refractivity (Wildman–Crippen MR) is 145 cm³/mol. The van der Waals surface area contributed by atoms with Crippen molar-refractivity contribution in [2.45, 2.75) is 104 Å². The molecule has 0 N–H and O–H groups in total. The van der Waals surface area contributed by atoms with Crippen LogP contribution in [0, 0.1) is 5.92 Å². The highest BCUT2D eigenvalue weighted by atomic mass is 32.1. The summed E-state index contributed by atoms with van der Waals surface area (Å²) in [7, 11) is 0. The third kappa shape index (κ3) is 8.23. The Kier molecular flexibility index (Phi) is 11.6. The Labute approximate surface area is 211 Å². The van der Waals surface area contributed by atoms with Crippen LogP contribution in [0.3, 0.4) is 0 Å². The number of benzene rings is 1. The Morgan fingerprint density at radius 3 is 2.68 bits per heavy atom. The van der Waals surface area contributed by atoms with Crippen molar-refractivity contribution in [1.29, 1.82) is 0 Å². The lowest BCUT2D eigenvalue weighted by molar-refractivity contribution is -0.134. The summed E-state index contributed by atoms with van der Waals surface area (Å²) in [5, 5.41) is 2.17. The summed E-state index contributed by atoms with van der Waals surface area (Å²) in [5.41, 5.74) is 2.63. The molecule has 0 spiro atoms. The van der Waals surface area contributed by atoms with Crippen LogP contribution in [-0.4, -0.2) is 30.0 Å². The Bertz CT molecular complexity index is 847. The van der Waals surface area contributed by atoms with Crippen LogP contribution in [-0.2, 0) is 24.1 Å². The summed E-state index contributed by atoms with van der Waals surface area (Å²) in [6.45, 7) is 9.03. The molecule has 0 radical (unpaired) electrons. The summed E-state index contributed by atoms with van der Waals surface area (Å²) in [6.07, 6.45) is 13.1. The summed E-state index contributed by atoms with van der Waals surface area (Å²) < 4.78 is 5.93. The van der Waals surface area contributed by atoms with Crippen LogP contribution in [0.4, 0.5) is 0 Å². The van der Waals surface area contributed by atoms with E-state index in [-0.39, 0.29) is 5.97 Å². The molecule has 0 aliphatic heterocycles. The van der Waals surface area contributed by atoms with E-state index in [0.29, 0.717) is 18.4 Å². The zero-order chi connectivity index (χ0) is 24.2. The molecule has 0 saturated heterocycles. The van der Waals surface area contributed by atoms with Gasteiger partial charge < -0.3 is 4.74 Å². The maximum atomic E-state index is 12.7. The van der Waals surface area contributed by atoms with Gasteiger partial charge in [0.1, 0.15) is 5.75 Å². The van der Waals surface area contributed by atoms with Gasteiger partial charge in [0.2, 0.25) is 0 Å². The summed E-state index contributed by atoms with van der Waals surface area (Å²) in [6, 6.07) is 11.3. The molecule has 34 heavy (non-hydrogen) atoms. The first-order valence-electron chi connectivity index (χ1n) is 13.7. The fraction of sp³-hybridized carbons (Fsp3) is 0.633. The molecule has 1 aromatic carbocycles. The number of carbonyl (C=O) groups is 1. The van der Waals surface area contributed by atoms with E-state index in [1.165, 1.54) is 54.5 Å². The van der Waals surface area contributed by atoms with Crippen molar-refractivity contribution in [1.82, 2.24) is 4.90 Å². The van der Waals surface area contributed by atoms with Crippen molar-refractivity contribution < 1.29 is 9.53 Å². The smallest absolute Gasteiger partial charge is 0.311 e. The third-order valence-corrected chi connectivity index (χ3v) is 8.25. The summed E-state index contributed by atoms with van der Waals surface area (Å²) in [5.74, 6) is 1.40. The van der Waals surface area contributed by atoms with E-state index in [0.717, 1.165) is 50.9 Å². The second-order valence-electron chi connectivity index (χ2n) is 9.97. The molecule has 3 nitrogen and oxygen atoms in total. The molecule has 0 saturated carbocycles. The maximum absolute atomic E-state index is 12.7. The molecule has 3 rings (SSSR count). The van der Waals surface area contributed by atoms with Gasteiger partial charge in [-0.15, -0.1) is 11.3 Å². The number of esters is 1. The maximum Gasteiger partial charge on any atom is 0.311 e. The van der Waals surface area contributed by atoms with Crippen LogP contribution >= 0.6 is 11.3 Å². The number of carbonyl (C=O) groups excluding carboxylic acids is 1. The summed E-state index contributed by atoms with van der Waals surface area (Å²) in [4.78, 5) is 16.9. The number of nitrogens with zero attached hydrogens (tertiary/aromatic N) is 1. The van der Waals surface area contributed by atoms with Crippen molar-refractivity contribution >= 4 is 17.3 Å². The van der Waals surface area contributed by atoms with E-state index in [2.05, 4.69) is 55.3 Å². The predicted octanol–water partition coefficient (Wildman–Crippen LogP) is 7.85. The fourth-order valence-corrected chi connectivity index (χ4v) is 6.16. The van der Waals surface area contributed by atoms with Crippen molar-refractivity contribution in [2.24, 2.45) is 5.92 Å². The lowest BCUT2D eigenvalue weighted by Crippen LogP contribution is -2.41. The van der Waals surface area contributed by atoms with Crippen molar-refractivity contribution in [2.75, 3.05) is 13.1 Å². The number of ether oxygens (including phenoxy) is 1. The van der Waals surface area contributed by atoms with Crippen LogP contribution in [0.15, 0.2) is 35.7 Å². The molecule has 1 aliphatic rings. The average molecular weight is 484 g/mol. The molecule has 0 amide bonds. The van der Waals surface area contributed by atoms with Crippen molar-refractivity contribution in [3.63, 3.8) is 0 Å². The van der Waals surface area contributed by atoms with Crippen molar-refractivity contribution in [3.8, 4) is 5.75 Å². The lowest BCUT2D eigenvalue weighted by atomic mass is 9.86. The molecule has 2 unspecified atom stereocenters. The minimum Gasteiger partial charge on any atom is -0.426 e. The number of hydrogen-bond donors (Lipinski definition) is 0. The van der Waals surface area contributed by atoms with E-state index in [4.69, 9.17) is 4.74 Å². The van der Waals surface area contributed by atoms with Gasteiger partial charge in [-0.2, -0.15) is 0 Å². The average Bonchev–Trinajstić information content (AvgIpc) is 3.37. The van der Waals surface area contributed by atoms with E-state index in [1.807, 2.05) is 17.4 Å². The first kappa shape index (κ1) is 26.9. The van der Waals surface area contributed by atoms with Gasteiger partial charge >= 0.3 is 5.97 Å². The number of rotatable bonds is 15. The zero-order valence-corrected chi connectivity index (χ0v) is 22.5. The van der Waals surface area contributed by atoms with Gasteiger partial charge in [-0.3, -0.25) is 9.69 Å². The normalized spacial score (nSPS) is 16.4. The molecule has 2 atom stereocenters. The first-order chi connectivity index (χ1) is 16.6. The second-order valence-corrected chi connectivity index (χ2v) is 11.0. The highest BCUT2D eigenvalue weighted by molar-refractivity contribution is 7.09. The Morgan fingerprint density at radius 1 is 1.06 bits per heavy atom. The minimum absolute atomic E-state index is 0.0586. The van der Waals surface area contributed by atoms with Gasteiger partial charge in [-0.25, -0.2) is 0 Å². The van der Waals surface area contributed by atoms with Gasteiger partial charge in [0.05, 0.1) is 0 Å². The Balaban J connectivity index is 1.57. The number of hydrogen-bond acceptors (Lipinski definition) is 4. The zero-order valence-electron chi connectivity index (χ0n) is 21.7. The van der Waals surface area contributed by atoms with Crippen LogP contribution in [0.2, 0.25) is 0 Å². The van der Waals surface area contributed by atoms with Gasteiger partial charge in [0.15, 0.2) is 0 Å². The monoisotopic (exact) mass is 483 g/mol. The molecule has 1 heterocycles. The highest BCUT2D eigenvalue weighted by Crippen LogP contribution is 2.32. The first-order valence-corrected chi connectivity index (χ1v) is 14.6. The largest absolute Gasteiger partial charge is 0.426 e. The highest BCUT2D eigenvalue weighted by Gasteiger charge is 2.26. The second kappa shape index (κ2) is 14.7.